The Morgan fingerprint density at radius 1 is 1.00 bits per heavy atom. The number of thioether (sulfide) groups is 1. The van der Waals surface area contributed by atoms with Crippen LogP contribution in [0.1, 0.15) is 36.5 Å². The van der Waals surface area contributed by atoms with Crippen molar-refractivity contribution < 1.29 is 23.9 Å². The highest BCUT2D eigenvalue weighted by molar-refractivity contribution is 7.99. The third-order valence-electron chi connectivity index (χ3n) is 6.60. The largest absolute Gasteiger partial charge is 0.452 e. The highest BCUT2D eigenvalue weighted by Gasteiger charge is 2.42. The molecule has 9 heteroatoms. The molecule has 2 saturated heterocycles. The number of likely N-dealkylation sites (tertiary alicyclic amines) is 1. The molecule has 0 saturated carbocycles. The minimum Gasteiger partial charge on any atom is -0.452 e. The van der Waals surface area contributed by atoms with Gasteiger partial charge in [0.1, 0.15) is 12.6 Å². The highest BCUT2D eigenvalue weighted by atomic mass is 32.2. The molecule has 35 heavy (non-hydrogen) atoms. The van der Waals surface area contributed by atoms with Gasteiger partial charge in [0.2, 0.25) is 5.91 Å². The number of fused-ring (bicyclic) bond motifs is 1. The summed E-state index contributed by atoms with van der Waals surface area (Å²) in [4.78, 5) is 55.9. The van der Waals surface area contributed by atoms with Gasteiger partial charge in [0.15, 0.2) is 6.10 Å². The van der Waals surface area contributed by atoms with Crippen molar-refractivity contribution in [1.29, 1.82) is 0 Å². The molecule has 1 N–H and O–H groups in total. The molecular weight excluding hydrogens is 466 g/mol. The van der Waals surface area contributed by atoms with E-state index in [9.17, 15) is 19.2 Å². The van der Waals surface area contributed by atoms with Gasteiger partial charge < -0.3 is 19.9 Å². The number of para-hydroxylation sites is 1. The standard InChI is InChI=1S/C26H27N3O5S/c30-21(28-14-6-7-15-28)16-29-18-10-4-5-11-20(18)35-24(17-8-2-1-3-9-17)23(26(29)33)27-25(32)19-12-13-22(31)34-19/h1-5,8-11,19,23-24H,6-7,12-16H2,(H,27,32)/t19-,23+,24+/m0/s1. The SMILES string of the molecule is O=C1CC[C@@H](C(=O)N[C@H]2C(=O)N(CC(=O)N3CCCC3)c3ccccc3S[C@@H]2c2ccccc2)O1. The van der Waals surface area contributed by atoms with Gasteiger partial charge in [0, 0.05) is 30.8 Å². The van der Waals surface area contributed by atoms with E-state index in [1.54, 1.807) is 4.90 Å². The fourth-order valence-corrected chi connectivity index (χ4v) is 6.11. The minimum absolute atomic E-state index is 0.0945. The summed E-state index contributed by atoms with van der Waals surface area (Å²) in [5, 5.41) is 2.44. The van der Waals surface area contributed by atoms with E-state index in [0.29, 0.717) is 18.8 Å². The smallest absolute Gasteiger partial charge is 0.306 e. The lowest BCUT2D eigenvalue weighted by Gasteiger charge is -2.30. The maximum absolute atomic E-state index is 14.1. The molecule has 3 aliphatic rings. The lowest BCUT2D eigenvalue weighted by molar-refractivity contribution is -0.148. The van der Waals surface area contributed by atoms with E-state index in [1.165, 1.54) is 16.7 Å². The molecule has 8 nitrogen and oxygen atoms in total. The van der Waals surface area contributed by atoms with Gasteiger partial charge in [-0.1, -0.05) is 42.5 Å². The molecule has 3 amide bonds. The Hall–Kier alpha value is -3.33. The van der Waals surface area contributed by atoms with Gasteiger partial charge in [0.25, 0.3) is 11.8 Å². The van der Waals surface area contributed by atoms with E-state index in [0.717, 1.165) is 23.3 Å². The fourth-order valence-electron chi connectivity index (χ4n) is 4.76. The van der Waals surface area contributed by atoms with Gasteiger partial charge in [-0.15, -0.1) is 11.8 Å². The summed E-state index contributed by atoms with van der Waals surface area (Å²) in [5.41, 5.74) is 1.53. The Kier molecular flexibility index (Phi) is 6.77. The lowest BCUT2D eigenvalue weighted by Crippen LogP contribution is -2.54. The first kappa shape index (κ1) is 23.4. The van der Waals surface area contributed by atoms with Crippen LogP contribution in [0.3, 0.4) is 0 Å². The van der Waals surface area contributed by atoms with Crippen molar-refractivity contribution in [2.45, 2.75) is 48.0 Å². The number of nitrogens with zero attached hydrogens (tertiary/aromatic N) is 2. The zero-order valence-corrected chi connectivity index (χ0v) is 20.0. The number of ether oxygens (including phenoxy) is 1. The van der Waals surface area contributed by atoms with Gasteiger partial charge in [-0.3, -0.25) is 19.2 Å². The number of hydrogen-bond donors (Lipinski definition) is 1. The third kappa shape index (κ3) is 4.91. The minimum atomic E-state index is -0.951. The first-order valence-corrected chi connectivity index (χ1v) is 12.8. The summed E-state index contributed by atoms with van der Waals surface area (Å²) >= 11 is 1.48. The normalized spacial score (nSPS) is 24.1. The van der Waals surface area contributed by atoms with Crippen molar-refractivity contribution in [1.82, 2.24) is 10.2 Å². The molecule has 182 valence electrons. The second-order valence-electron chi connectivity index (χ2n) is 8.93. The molecule has 0 aliphatic carbocycles. The molecular formula is C26H27N3O5S. The second kappa shape index (κ2) is 10.1. The number of anilines is 1. The first-order valence-electron chi connectivity index (χ1n) is 11.9. The van der Waals surface area contributed by atoms with E-state index in [1.807, 2.05) is 54.6 Å². The van der Waals surface area contributed by atoms with Gasteiger partial charge in [-0.2, -0.15) is 0 Å². The number of nitrogens with one attached hydrogen (secondary N) is 1. The highest BCUT2D eigenvalue weighted by Crippen LogP contribution is 2.45. The molecule has 0 radical (unpaired) electrons. The van der Waals surface area contributed by atoms with Crippen LogP contribution in [-0.2, 0) is 23.9 Å². The van der Waals surface area contributed by atoms with Crippen LogP contribution in [0.25, 0.3) is 0 Å². The average molecular weight is 494 g/mol. The van der Waals surface area contributed by atoms with Crippen molar-refractivity contribution in [3.63, 3.8) is 0 Å². The quantitative estimate of drug-likeness (QED) is 0.644. The topological polar surface area (TPSA) is 96.0 Å². The van der Waals surface area contributed by atoms with Crippen LogP contribution in [-0.4, -0.2) is 60.4 Å². The third-order valence-corrected chi connectivity index (χ3v) is 8.00. The van der Waals surface area contributed by atoms with E-state index in [-0.39, 0.29) is 31.2 Å². The Morgan fingerprint density at radius 3 is 2.43 bits per heavy atom. The van der Waals surface area contributed by atoms with Crippen LogP contribution in [0.2, 0.25) is 0 Å². The lowest BCUT2D eigenvalue weighted by atomic mass is 10.0. The molecule has 5 rings (SSSR count). The fraction of sp³-hybridized carbons (Fsp3) is 0.385. The maximum Gasteiger partial charge on any atom is 0.306 e. The number of cyclic esters (lactones) is 1. The van der Waals surface area contributed by atoms with Crippen molar-refractivity contribution in [2.75, 3.05) is 24.5 Å². The summed E-state index contributed by atoms with van der Waals surface area (Å²) in [7, 11) is 0. The predicted molar refractivity (Wildman–Crippen MR) is 131 cm³/mol. The predicted octanol–water partition coefficient (Wildman–Crippen LogP) is 2.68. The van der Waals surface area contributed by atoms with E-state index in [4.69, 9.17) is 4.74 Å². The molecule has 0 aromatic heterocycles. The Morgan fingerprint density at radius 2 is 1.71 bits per heavy atom. The molecule has 2 aromatic rings. The van der Waals surface area contributed by atoms with Crippen molar-refractivity contribution in [3.05, 3.63) is 60.2 Å². The number of amides is 3. The zero-order valence-electron chi connectivity index (χ0n) is 19.2. The molecule has 3 aliphatic heterocycles. The number of esters is 1. The number of rotatable bonds is 5. The van der Waals surface area contributed by atoms with Crippen LogP contribution < -0.4 is 10.2 Å². The summed E-state index contributed by atoms with van der Waals surface area (Å²) < 4.78 is 5.15. The van der Waals surface area contributed by atoms with Crippen LogP contribution >= 0.6 is 11.8 Å². The molecule has 2 fully saturated rings. The molecule has 3 heterocycles. The summed E-state index contributed by atoms with van der Waals surface area (Å²) in [5.74, 6) is -1.38. The summed E-state index contributed by atoms with van der Waals surface area (Å²) in [6.45, 7) is 1.29. The first-order chi connectivity index (χ1) is 17.0. The summed E-state index contributed by atoms with van der Waals surface area (Å²) in [6.07, 6.45) is 1.46. The van der Waals surface area contributed by atoms with E-state index in [2.05, 4.69) is 5.32 Å². The van der Waals surface area contributed by atoms with Gasteiger partial charge >= 0.3 is 5.97 Å². The van der Waals surface area contributed by atoms with Crippen LogP contribution in [0.15, 0.2) is 59.5 Å². The molecule has 0 bridgehead atoms. The summed E-state index contributed by atoms with van der Waals surface area (Å²) in [6, 6.07) is 16.1. The number of carbonyl (C=O) groups excluding carboxylic acids is 4. The van der Waals surface area contributed by atoms with Gasteiger partial charge in [0.05, 0.1) is 10.9 Å². The molecule has 0 unspecified atom stereocenters. The zero-order chi connectivity index (χ0) is 24.4. The Balaban J connectivity index is 1.51. The van der Waals surface area contributed by atoms with Crippen LogP contribution in [0, 0.1) is 0 Å². The van der Waals surface area contributed by atoms with Crippen molar-refractivity contribution in [2.24, 2.45) is 0 Å². The maximum atomic E-state index is 14.1. The van der Waals surface area contributed by atoms with Crippen molar-refractivity contribution in [3.8, 4) is 0 Å². The van der Waals surface area contributed by atoms with E-state index < -0.39 is 29.3 Å². The van der Waals surface area contributed by atoms with Gasteiger partial charge in [-0.25, -0.2) is 0 Å². The molecule has 2 aromatic carbocycles. The van der Waals surface area contributed by atoms with E-state index >= 15 is 0 Å². The molecule has 3 atom stereocenters. The number of benzene rings is 2. The second-order valence-corrected chi connectivity index (χ2v) is 10.1. The van der Waals surface area contributed by atoms with Crippen LogP contribution in [0.5, 0.6) is 0 Å². The van der Waals surface area contributed by atoms with Gasteiger partial charge in [-0.05, 0) is 30.5 Å². The average Bonchev–Trinajstić information content (AvgIpc) is 3.55. The van der Waals surface area contributed by atoms with Crippen LogP contribution in [0.4, 0.5) is 5.69 Å². The number of carbonyl (C=O) groups is 4. The van der Waals surface area contributed by atoms with Crippen molar-refractivity contribution >= 4 is 41.1 Å². The monoisotopic (exact) mass is 493 g/mol. The Labute approximate surface area is 208 Å². The molecule has 0 spiro atoms. The number of hydrogen-bond acceptors (Lipinski definition) is 6. The Bertz CT molecular complexity index is 1130.